The molecule has 23 heavy (non-hydrogen) atoms. The molecule has 1 aromatic carbocycles. The van der Waals surface area contributed by atoms with Crippen LogP contribution in [0, 0.1) is 6.92 Å². The Bertz CT molecular complexity index is 814. The summed E-state index contributed by atoms with van der Waals surface area (Å²) in [6.45, 7) is 1.86. The molecule has 1 aliphatic heterocycles. The van der Waals surface area contributed by atoms with Gasteiger partial charge in [-0.3, -0.25) is 0 Å². The van der Waals surface area contributed by atoms with Gasteiger partial charge < -0.3 is 4.74 Å². The molecule has 1 fully saturated rings. The first-order valence-corrected chi connectivity index (χ1v) is 8.43. The molecule has 2 heterocycles. The maximum atomic E-state index is 11.1. The van der Waals surface area contributed by atoms with Crippen molar-refractivity contribution in [3.63, 3.8) is 0 Å². The second kappa shape index (κ2) is 6.40. The SMILES string of the molecule is Cc1cncnc1Oc1ccc(C2COS(=O)(=O)OC2)cc1Cl. The van der Waals surface area contributed by atoms with Gasteiger partial charge in [0.15, 0.2) is 0 Å². The Morgan fingerprint density at radius 3 is 2.70 bits per heavy atom. The lowest BCUT2D eigenvalue weighted by Crippen LogP contribution is -2.26. The van der Waals surface area contributed by atoms with Crippen molar-refractivity contribution in [1.82, 2.24) is 9.97 Å². The Labute approximate surface area is 138 Å². The Balaban J connectivity index is 1.77. The fraction of sp³-hybridized carbons (Fsp3) is 0.286. The Morgan fingerprint density at radius 1 is 1.30 bits per heavy atom. The van der Waals surface area contributed by atoms with Crippen LogP contribution in [0.1, 0.15) is 17.0 Å². The molecule has 7 nitrogen and oxygen atoms in total. The third kappa shape index (κ3) is 3.78. The van der Waals surface area contributed by atoms with Crippen molar-refractivity contribution >= 4 is 22.0 Å². The van der Waals surface area contributed by atoms with E-state index >= 15 is 0 Å². The highest BCUT2D eigenvalue weighted by molar-refractivity contribution is 7.81. The predicted octanol–water partition coefficient (Wildman–Crippen LogP) is 2.61. The first-order chi connectivity index (χ1) is 10.9. The van der Waals surface area contributed by atoms with Crippen LogP contribution in [0.15, 0.2) is 30.7 Å². The second-order valence-corrected chi connectivity index (χ2v) is 6.67. The van der Waals surface area contributed by atoms with Crippen LogP contribution in [0.5, 0.6) is 11.6 Å². The molecule has 1 aliphatic rings. The molecular formula is C14H13ClN2O5S. The maximum absolute atomic E-state index is 11.1. The third-order valence-electron chi connectivity index (χ3n) is 3.31. The molecule has 0 unspecified atom stereocenters. The number of ether oxygens (including phenoxy) is 1. The van der Waals surface area contributed by atoms with Crippen LogP contribution in [0.2, 0.25) is 5.02 Å². The summed E-state index contributed by atoms with van der Waals surface area (Å²) in [4.78, 5) is 7.94. The molecule has 0 bridgehead atoms. The van der Waals surface area contributed by atoms with E-state index in [0.717, 1.165) is 11.1 Å². The maximum Gasteiger partial charge on any atom is 0.399 e. The predicted molar refractivity (Wildman–Crippen MR) is 81.9 cm³/mol. The Kier molecular flexibility index (Phi) is 4.49. The van der Waals surface area contributed by atoms with Crippen LogP contribution >= 0.6 is 11.6 Å². The van der Waals surface area contributed by atoms with Crippen LogP contribution in [0.4, 0.5) is 0 Å². The van der Waals surface area contributed by atoms with E-state index in [1.165, 1.54) is 6.33 Å². The first kappa shape index (κ1) is 16.1. The molecule has 0 saturated carbocycles. The fourth-order valence-corrected chi connectivity index (χ4v) is 3.02. The average Bonchev–Trinajstić information content (AvgIpc) is 2.51. The molecule has 1 aromatic heterocycles. The summed E-state index contributed by atoms with van der Waals surface area (Å²) in [6, 6.07) is 5.18. The lowest BCUT2D eigenvalue weighted by atomic mass is 10.0. The molecule has 2 aromatic rings. The normalized spacial score (nSPS) is 17.8. The van der Waals surface area contributed by atoms with E-state index in [1.807, 2.05) is 6.92 Å². The number of halogens is 1. The molecule has 0 spiro atoms. The zero-order valence-electron chi connectivity index (χ0n) is 12.1. The highest BCUT2D eigenvalue weighted by Gasteiger charge is 2.26. The van der Waals surface area contributed by atoms with Gasteiger partial charge in [-0.2, -0.15) is 8.42 Å². The minimum atomic E-state index is -3.86. The van der Waals surface area contributed by atoms with Crippen molar-refractivity contribution in [2.75, 3.05) is 13.2 Å². The van der Waals surface area contributed by atoms with Gasteiger partial charge in [0.2, 0.25) is 5.88 Å². The van der Waals surface area contributed by atoms with Gasteiger partial charge in [0.1, 0.15) is 12.1 Å². The third-order valence-corrected chi connectivity index (χ3v) is 4.45. The van der Waals surface area contributed by atoms with Crippen molar-refractivity contribution in [3.8, 4) is 11.6 Å². The van der Waals surface area contributed by atoms with Gasteiger partial charge in [-0.05, 0) is 24.6 Å². The van der Waals surface area contributed by atoms with Crippen molar-refractivity contribution < 1.29 is 21.5 Å². The zero-order valence-corrected chi connectivity index (χ0v) is 13.7. The number of rotatable bonds is 3. The van der Waals surface area contributed by atoms with Gasteiger partial charge in [-0.15, -0.1) is 0 Å². The van der Waals surface area contributed by atoms with Crippen LogP contribution in [-0.2, 0) is 18.8 Å². The highest BCUT2D eigenvalue weighted by atomic mass is 35.5. The van der Waals surface area contributed by atoms with E-state index in [4.69, 9.17) is 16.3 Å². The fourth-order valence-electron chi connectivity index (χ4n) is 2.06. The number of aryl methyl sites for hydroxylation is 1. The summed E-state index contributed by atoms with van der Waals surface area (Å²) in [5.74, 6) is 0.651. The van der Waals surface area contributed by atoms with Crippen molar-refractivity contribution in [2.24, 2.45) is 0 Å². The standard InChI is InChI=1S/C14H13ClN2O5S/c1-9-5-16-8-17-14(9)22-13-3-2-10(4-12(13)15)11-6-20-23(18,19)21-7-11/h2-5,8,11H,6-7H2,1H3. The van der Waals surface area contributed by atoms with E-state index in [-0.39, 0.29) is 19.1 Å². The quantitative estimate of drug-likeness (QED) is 0.835. The molecule has 0 N–H and O–H groups in total. The monoisotopic (exact) mass is 356 g/mol. The number of benzene rings is 1. The smallest absolute Gasteiger partial charge is 0.399 e. The second-order valence-electron chi connectivity index (χ2n) is 4.98. The van der Waals surface area contributed by atoms with Gasteiger partial charge in [0.25, 0.3) is 0 Å². The van der Waals surface area contributed by atoms with Gasteiger partial charge in [-0.25, -0.2) is 18.3 Å². The summed E-state index contributed by atoms with van der Waals surface area (Å²) in [6.07, 6.45) is 3.03. The zero-order chi connectivity index (χ0) is 16.4. The van der Waals surface area contributed by atoms with E-state index in [0.29, 0.717) is 16.7 Å². The van der Waals surface area contributed by atoms with E-state index in [1.54, 1.807) is 24.4 Å². The van der Waals surface area contributed by atoms with E-state index in [2.05, 4.69) is 18.3 Å². The lowest BCUT2D eigenvalue weighted by molar-refractivity contribution is 0.135. The Morgan fingerprint density at radius 2 is 2.04 bits per heavy atom. The Hall–Kier alpha value is -1.74. The summed E-state index contributed by atoms with van der Waals surface area (Å²) in [5, 5.41) is 0.383. The van der Waals surface area contributed by atoms with Crippen LogP contribution < -0.4 is 4.74 Å². The largest absolute Gasteiger partial charge is 0.437 e. The van der Waals surface area contributed by atoms with Gasteiger partial charge in [0, 0.05) is 17.7 Å². The summed E-state index contributed by atoms with van der Waals surface area (Å²) >= 11 is 6.24. The summed E-state index contributed by atoms with van der Waals surface area (Å²) < 4.78 is 37.2. The molecule has 9 heteroatoms. The average molecular weight is 357 g/mol. The molecule has 1 saturated heterocycles. The summed E-state index contributed by atoms with van der Waals surface area (Å²) in [5.41, 5.74) is 1.59. The summed E-state index contributed by atoms with van der Waals surface area (Å²) in [7, 11) is -3.86. The molecule has 0 aliphatic carbocycles. The topological polar surface area (TPSA) is 87.6 Å². The van der Waals surface area contributed by atoms with E-state index in [9.17, 15) is 8.42 Å². The molecular weight excluding hydrogens is 344 g/mol. The number of aromatic nitrogens is 2. The van der Waals surface area contributed by atoms with Gasteiger partial charge in [-0.1, -0.05) is 17.7 Å². The minimum Gasteiger partial charge on any atom is -0.437 e. The number of nitrogens with zero attached hydrogens (tertiary/aromatic N) is 2. The molecule has 0 radical (unpaired) electrons. The number of hydrogen-bond donors (Lipinski definition) is 0. The van der Waals surface area contributed by atoms with Crippen molar-refractivity contribution in [3.05, 3.63) is 46.9 Å². The highest BCUT2D eigenvalue weighted by Crippen LogP contribution is 2.33. The molecule has 0 amide bonds. The molecule has 122 valence electrons. The number of hydrogen-bond acceptors (Lipinski definition) is 7. The first-order valence-electron chi connectivity index (χ1n) is 6.72. The van der Waals surface area contributed by atoms with Gasteiger partial charge >= 0.3 is 10.4 Å². The van der Waals surface area contributed by atoms with Crippen LogP contribution in [0.3, 0.4) is 0 Å². The minimum absolute atomic E-state index is 0.0177. The van der Waals surface area contributed by atoms with Crippen molar-refractivity contribution in [2.45, 2.75) is 12.8 Å². The van der Waals surface area contributed by atoms with Gasteiger partial charge in [0.05, 0.1) is 18.2 Å². The van der Waals surface area contributed by atoms with E-state index < -0.39 is 10.4 Å². The van der Waals surface area contributed by atoms with Crippen molar-refractivity contribution in [1.29, 1.82) is 0 Å². The lowest BCUT2D eigenvalue weighted by Gasteiger charge is -2.22. The molecule has 3 rings (SSSR count). The van der Waals surface area contributed by atoms with Crippen LogP contribution in [0.25, 0.3) is 0 Å². The molecule has 0 atom stereocenters. The van der Waals surface area contributed by atoms with Crippen LogP contribution in [-0.4, -0.2) is 31.6 Å².